The molecule has 0 unspecified atom stereocenters. The van der Waals surface area contributed by atoms with E-state index < -0.39 is 6.03 Å². The molecule has 0 spiro atoms. The molecule has 0 saturated carbocycles. The number of hydrogen-bond donors (Lipinski definition) is 3. The van der Waals surface area contributed by atoms with E-state index in [0.717, 1.165) is 38.8 Å². The number of benzene rings is 1. The van der Waals surface area contributed by atoms with E-state index in [1.807, 2.05) is 37.5 Å². The molecule has 0 aliphatic heterocycles. The van der Waals surface area contributed by atoms with Gasteiger partial charge in [0.15, 0.2) is 0 Å². The van der Waals surface area contributed by atoms with Gasteiger partial charge in [0.25, 0.3) is 0 Å². The number of urea groups is 1. The van der Waals surface area contributed by atoms with E-state index in [2.05, 4.69) is 37.7 Å². The highest BCUT2D eigenvalue weighted by Gasteiger charge is 2.10. The van der Waals surface area contributed by atoms with E-state index in [1.54, 1.807) is 24.7 Å². The van der Waals surface area contributed by atoms with Crippen molar-refractivity contribution in [3.05, 3.63) is 72.9 Å². The molecule has 0 aliphatic carbocycles. The Morgan fingerprint density at radius 3 is 2.64 bits per heavy atom. The first-order valence-corrected chi connectivity index (χ1v) is 8.68. The van der Waals surface area contributed by atoms with Gasteiger partial charge in [-0.05, 0) is 59.8 Å². The predicted octanol–water partition coefficient (Wildman–Crippen LogP) is 4.23. The van der Waals surface area contributed by atoms with Gasteiger partial charge in [0.05, 0.1) is 11.9 Å². The Labute approximate surface area is 161 Å². The molecular formula is C21H18N6O. The average molecular weight is 370 g/mol. The summed E-state index contributed by atoms with van der Waals surface area (Å²) in [5, 5.41) is 7.73. The van der Waals surface area contributed by atoms with Crippen molar-refractivity contribution >= 4 is 34.0 Å². The molecule has 2 amide bonds. The fourth-order valence-electron chi connectivity index (χ4n) is 3.03. The minimum atomic E-state index is -0.653. The summed E-state index contributed by atoms with van der Waals surface area (Å²) in [4.78, 5) is 23.9. The molecule has 3 aromatic heterocycles. The van der Waals surface area contributed by atoms with Gasteiger partial charge in [0.1, 0.15) is 5.82 Å². The molecule has 3 heterocycles. The lowest BCUT2D eigenvalue weighted by molar-refractivity contribution is 0.259. The predicted molar refractivity (Wildman–Crippen MR) is 110 cm³/mol. The van der Waals surface area contributed by atoms with Crippen LogP contribution >= 0.6 is 0 Å². The van der Waals surface area contributed by atoms with Gasteiger partial charge in [-0.1, -0.05) is 0 Å². The number of aromatic nitrogens is 3. The second-order valence-corrected chi connectivity index (χ2v) is 6.42. The van der Waals surface area contributed by atoms with Gasteiger partial charge in [0, 0.05) is 41.4 Å². The monoisotopic (exact) mass is 370 g/mol. The maximum Gasteiger partial charge on any atom is 0.317 e. The van der Waals surface area contributed by atoms with Crippen molar-refractivity contribution in [2.75, 3.05) is 10.6 Å². The Balaban J connectivity index is 1.88. The van der Waals surface area contributed by atoms with Crippen LogP contribution in [0, 0.1) is 6.92 Å². The van der Waals surface area contributed by atoms with Crippen LogP contribution in [0.5, 0.6) is 0 Å². The van der Waals surface area contributed by atoms with Crippen molar-refractivity contribution in [1.82, 2.24) is 15.0 Å². The van der Waals surface area contributed by atoms with Gasteiger partial charge in [-0.25, -0.2) is 9.78 Å². The lowest BCUT2D eigenvalue weighted by Crippen LogP contribution is -2.19. The number of nitrogens with zero attached hydrogens (tertiary/aromatic N) is 3. The van der Waals surface area contributed by atoms with E-state index in [0.29, 0.717) is 5.82 Å². The van der Waals surface area contributed by atoms with Crippen molar-refractivity contribution in [2.45, 2.75) is 6.92 Å². The lowest BCUT2D eigenvalue weighted by atomic mass is 10.0. The second kappa shape index (κ2) is 7.32. The molecule has 0 radical (unpaired) electrons. The highest BCUT2D eigenvalue weighted by Crippen LogP contribution is 2.33. The number of amides is 2. The number of nitrogens with one attached hydrogen (secondary N) is 2. The Morgan fingerprint density at radius 2 is 1.89 bits per heavy atom. The summed E-state index contributed by atoms with van der Waals surface area (Å²) in [6.07, 6.45) is 8.83. The number of carbonyl (C=O) groups is 1. The molecule has 0 saturated heterocycles. The second-order valence-electron chi connectivity index (χ2n) is 6.42. The van der Waals surface area contributed by atoms with Crippen molar-refractivity contribution in [3.63, 3.8) is 0 Å². The lowest BCUT2D eigenvalue weighted by Gasteiger charge is -2.13. The van der Waals surface area contributed by atoms with Crippen LogP contribution in [0.15, 0.2) is 67.4 Å². The molecule has 28 heavy (non-hydrogen) atoms. The summed E-state index contributed by atoms with van der Waals surface area (Å²) in [6, 6.07) is 11.1. The Kier molecular flexibility index (Phi) is 4.55. The number of pyridine rings is 3. The topological polar surface area (TPSA) is 106 Å². The zero-order chi connectivity index (χ0) is 19.5. The number of anilines is 3. The van der Waals surface area contributed by atoms with Gasteiger partial charge in [0.2, 0.25) is 0 Å². The average Bonchev–Trinajstić information content (AvgIpc) is 2.68. The molecular weight excluding hydrogens is 352 g/mol. The van der Waals surface area contributed by atoms with Crippen molar-refractivity contribution in [2.24, 2.45) is 5.73 Å². The van der Waals surface area contributed by atoms with Crippen LogP contribution in [0.4, 0.5) is 22.0 Å². The number of primary amides is 1. The number of carbonyl (C=O) groups excluding carboxylic acids is 1. The van der Waals surface area contributed by atoms with Crippen molar-refractivity contribution < 1.29 is 4.79 Å². The fraction of sp³-hybridized carbons (Fsp3) is 0.0476. The molecule has 4 rings (SSSR count). The molecule has 0 fully saturated rings. The van der Waals surface area contributed by atoms with Gasteiger partial charge in [-0.15, -0.1) is 0 Å². The van der Waals surface area contributed by atoms with Crippen LogP contribution < -0.4 is 16.4 Å². The Morgan fingerprint density at radius 1 is 1.00 bits per heavy atom. The van der Waals surface area contributed by atoms with Crippen LogP contribution in [0.25, 0.3) is 21.9 Å². The summed E-state index contributed by atoms with van der Waals surface area (Å²) >= 11 is 0. The van der Waals surface area contributed by atoms with E-state index in [9.17, 15) is 4.79 Å². The molecule has 0 bridgehead atoms. The van der Waals surface area contributed by atoms with E-state index in [4.69, 9.17) is 5.73 Å². The van der Waals surface area contributed by atoms with Crippen LogP contribution in [-0.4, -0.2) is 21.0 Å². The number of aryl methyl sites for hydroxylation is 1. The third kappa shape index (κ3) is 3.73. The quantitative estimate of drug-likeness (QED) is 0.498. The molecule has 0 aliphatic rings. The van der Waals surface area contributed by atoms with Crippen molar-refractivity contribution in [3.8, 4) is 11.1 Å². The van der Waals surface area contributed by atoms with Gasteiger partial charge >= 0.3 is 6.03 Å². The highest BCUT2D eigenvalue weighted by molar-refractivity contribution is 6.00. The Bertz CT molecular complexity index is 1160. The maximum atomic E-state index is 11.2. The minimum absolute atomic E-state index is 0.395. The summed E-state index contributed by atoms with van der Waals surface area (Å²) in [7, 11) is 0. The highest BCUT2D eigenvalue weighted by atomic mass is 16.2. The third-order valence-corrected chi connectivity index (χ3v) is 4.24. The number of hydrogen-bond acceptors (Lipinski definition) is 5. The van der Waals surface area contributed by atoms with E-state index in [1.165, 1.54) is 0 Å². The van der Waals surface area contributed by atoms with Crippen LogP contribution in [0.1, 0.15) is 5.56 Å². The molecule has 4 aromatic rings. The zero-order valence-electron chi connectivity index (χ0n) is 15.2. The molecule has 4 N–H and O–H groups in total. The summed E-state index contributed by atoms with van der Waals surface area (Å²) in [5.41, 5.74) is 10.0. The third-order valence-electron chi connectivity index (χ3n) is 4.24. The summed E-state index contributed by atoms with van der Waals surface area (Å²) in [5.74, 6) is 0.395. The normalized spacial score (nSPS) is 10.6. The number of nitrogens with two attached hydrogens (primary N) is 1. The van der Waals surface area contributed by atoms with Crippen molar-refractivity contribution in [1.29, 1.82) is 0 Å². The van der Waals surface area contributed by atoms with E-state index in [-0.39, 0.29) is 0 Å². The maximum absolute atomic E-state index is 11.2. The minimum Gasteiger partial charge on any atom is -0.354 e. The molecule has 7 heteroatoms. The van der Waals surface area contributed by atoms with Crippen LogP contribution in [0.3, 0.4) is 0 Å². The molecule has 138 valence electrons. The SMILES string of the molecule is Cc1cncc(-c2cc(Nc3cccnc3)c3cnc(NC(N)=O)cc3c2)c1. The summed E-state index contributed by atoms with van der Waals surface area (Å²) < 4.78 is 0. The largest absolute Gasteiger partial charge is 0.354 e. The molecule has 7 nitrogen and oxygen atoms in total. The first kappa shape index (κ1) is 17.4. The number of rotatable bonds is 4. The standard InChI is InChI=1S/C21H18N6O/c1-13-5-16(10-24-9-13)14-6-15-8-20(27-21(22)28)25-12-18(15)19(7-14)26-17-3-2-4-23-11-17/h2-12,26H,1H3,(H3,22,25,27,28). The van der Waals surface area contributed by atoms with Gasteiger partial charge in [-0.3, -0.25) is 15.3 Å². The van der Waals surface area contributed by atoms with Gasteiger partial charge < -0.3 is 11.1 Å². The first-order valence-electron chi connectivity index (χ1n) is 8.68. The van der Waals surface area contributed by atoms with Crippen LogP contribution in [0.2, 0.25) is 0 Å². The molecule has 0 atom stereocenters. The van der Waals surface area contributed by atoms with E-state index >= 15 is 0 Å². The Hall–Kier alpha value is -4.00. The van der Waals surface area contributed by atoms with Gasteiger partial charge in [-0.2, -0.15) is 0 Å². The molecule has 1 aromatic carbocycles. The fourth-order valence-corrected chi connectivity index (χ4v) is 3.03. The van der Waals surface area contributed by atoms with Crippen LogP contribution in [-0.2, 0) is 0 Å². The first-order chi connectivity index (χ1) is 13.6. The smallest absolute Gasteiger partial charge is 0.317 e. The summed E-state index contributed by atoms with van der Waals surface area (Å²) in [6.45, 7) is 2.01. The number of fused-ring (bicyclic) bond motifs is 1. The zero-order valence-corrected chi connectivity index (χ0v) is 15.2.